The van der Waals surface area contributed by atoms with Crippen LogP contribution in [-0.2, 0) is 16.4 Å². The molecule has 5 rings (SSSR count). The highest BCUT2D eigenvalue weighted by Crippen LogP contribution is 2.31. The second-order valence-corrected chi connectivity index (χ2v) is 9.86. The Morgan fingerprint density at radius 1 is 0.968 bits per heavy atom. The summed E-state index contributed by atoms with van der Waals surface area (Å²) >= 11 is 0. The second-order valence-electron chi connectivity index (χ2n) is 7.92. The summed E-state index contributed by atoms with van der Waals surface area (Å²) in [5.74, 6) is 0. The lowest BCUT2D eigenvalue weighted by molar-refractivity contribution is 0.208. The molecule has 3 aromatic rings. The van der Waals surface area contributed by atoms with Crippen LogP contribution in [0.25, 0.3) is 11.0 Å². The fourth-order valence-corrected chi connectivity index (χ4v) is 5.65. The van der Waals surface area contributed by atoms with Crippen LogP contribution in [-0.4, -0.2) is 56.4 Å². The number of nitrogens with zero attached hydrogens (tertiary/aromatic N) is 2. The Bertz CT molecular complexity index is 1250. The summed E-state index contributed by atoms with van der Waals surface area (Å²) in [6, 6.07) is 16.6. The van der Waals surface area contributed by atoms with Crippen molar-refractivity contribution in [2.45, 2.75) is 11.3 Å². The Hall–Kier alpha value is -3.10. The summed E-state index contributed by atoms with van der Waals surface area (Å²) in [7, 11) is -3.60. The largest absolute Gasteiger partial charge is 0.464 e. The predicted molar refractivity (Wildman–Crippen MR) is 117 cm³/mol. The number of carbonyl (C=O) groups excluding carboxylic acids is 1. The zero-order valence-electron chi connectivity index (χ0n) is 17.0. The van der Waals surface area contributed by atoms with Gasteiger partial charge in [-0.15, -0.1) is 0 Å². The van der Waals surface area contributed by atoms with Gasteiger partial charge in [-0.05, 0) is 47.4 Å². The molecular formula is C23H23N3O4S. The molecule has 0 aliphatic carbocycles. The van der Waals surface area contributed by atoms with E-state index in [0.29, 0.717) is 38.3 Å². The summed E-state index contributed by atoms with van der Waals surface area (Å²) in [6.45, 7) is 2.17. The molecule has 0 spiro atoms. The Kier molecular flexibility index (Phi) is 5.03. The Labute approximate surface area is 181 Å². The highest BCUT2D eigenvalue weighted by molar-refractivity contribution is 7.89. The molecule has 0 atom stereocenters. The molecule has 0 fully saturated rings. The van der Waals surface area contributed by atoms with Gasteiger partial charge >= 0.3 is 6.03 Å². The fraction of sp³-hybridized carbons (Fsp3) is 0.261. The van der Waals surface area contributed by atoms with Crippen LogP contribution in [0.2, 0.25) is 0 Å². The number of rotatable bonds is 5. The van der Waals surface area contributed by atoms with Gasteiger partial charge in [0.25, 0.3) is 0 Å². The number of amides is 2. The van der Waals surface area contributed by atoms with Crippen molar-refractivity contribution >= 4 is 27.0 Å². The van der Waals surface area contributed by atoms with E-state index in [-0.39, 0.29) is 10.9 Å². The molecule has 1 aromatic heterocycles. The molecule has 3 heterocycles. The standard InChI is InChI=1S/C23H23N3O4S/c27-23(24-10-8-17-4-2-1-3-5-17)25-13-19-15-26(16-20(19)14-25)31(28,29)21-6-7-22-18(12-21)9-11-30-22/h1-7,9,11-12H,8,10,13-16H2,(H,24,27). The van der Waals surface area contributed by atoms with E-state index in [0.717, 1.165) is 23.0 Å². The van der Waals surface area contributed by atoms with Crippen LogP contribution in [0, 0.1) is 0 Å². The van der Waals surface area contributed by atoms with Crippen molar-refractivity contribution in [1.82, 2.24) is 14.5 Å². The summed E-state index contributed by atoms with van der Waals surface area (Å²) < 4.78 is 33.0. The minimum atomic E-state index is -3.60. The van der Waals surface area contributed by atoms with E-state index in [9.17, 15) is 13.2 Å². The van der Waals surface area contributed by atoms with Gasteiger partial charge in [-0.1, -0.05) is 30.3 Å². The molecule has 0 unspecified atom stereocenters. The molecule has 2 aliphatic heterocycles. The molecule has 7 nitrogen and oxygen atoms in total. The number of hydrogen-bond acceptors (Lipinski definition) is 4. The predicted octanol–water partition coefficient (Wildman–Crippen LogP) is 3.00. The first kappa shape index (κ1) is 19.8. The molecule has 31 heavy (non-hydrogen) atoms. The number of benzene rings is 2. The summed E-state index contributed by atoms with van der Waals surface area (Å²) in [5.41, 5.74) is 3.88. The van der Waals surface area contributed by atoms with Crippen molar-refractivity contribution in [3.05, 3.63) is 77.6 Å². The van der Waals surface area contributed by atoms with Crippen LogP contribution in [0.1, 0.15) is 5.56 Å². The average Bonchev–Trinajstić information content (AvgIpc) is 3.48. The van der Waals surface area contributed by atoms with Gasteiger partial charge in [0, 0.05) is 38.1 Å². The molecule has 8 heteroatoms. The molecule has 2 amide bonds. The van der Waals surface area contributed by atoms with Gasteiger partial charge in [0.2, 0.25) is 10.0 Å². The lowest BCUT2D eigenvalue weighted by atomic mass is 10.1. The van der Waals surface area contributed by atoms with Crippen LogP contribution in [0.4, 0.5) is 4.79 Å². The lowest BCUT2D eigenvalue weighted by Gasteiger charge is -2.23. The summed E-state index contributed by atoms with van der Waals surface area (Å²) in [4.78, 5) is 14.5. The first-order chi connectivity index (χ1) is 15.0. The first-order valence-electron chi connectivity index (χ1n) is 10.2. The van der Waals surface area contributed by atoms with Crippen molar-refractivity contribution in [2.24, 2.45) is 0 Å². The van der Waals surface area contributed by atoms with Crippen molar-refractivity contribution < 1.29 is 17.6 Å². The average molecular weight is 438 g/mol. The highest BCUT2D eigenvalue weighted by Gasteiger charge is 2.37. The van der Waals surface area contributed by atoms with Gasteiger partial charge in [0.05, 0.1) is 11.2 Å². The quantitative estimate of drug-likeness (QED) is 0.622. The topological polar surface area (TPSA) is 82.9 Å². The summed E-state index contributed by atoms with van der Waals surface area (Å²) in [5, 5.41) is 3.73. The molecule has 1 N–H and O–H groups in total. The minimum Gasteiger partial charge on any atom is -0.464 e. The van der Waals surface area contributed by atoms with Crippen LogP contribution in [0.3, 0.4) is 0 Å². The fourth-order valence-electron chi connectivity index (χ4n) is 4.18. The zero-order valence-corrected chi connectivity index (χ0v) is 17.8. The van der Waals surface area contributed by atoms with E-state index in [1.54, 1.807) is 35.4 Å². The maximum Gasteiger partial charge on any atom is 0.317 e. The van der Waals surface area contributed by atoms with Crippen LogP contribution in [0.15, 0.2) is 81.3 Å². The zero-order chi connectivity index (χ0) is 21.4. The minimum absolute atomic E-state index is 0.106. The van der Waals surface area contributed by atoms with Gasteiger partial charge < -0.3 is 14.6 Å². The van der Waals surface area contributed by atoms with E-state index in [4.69, 9.17) is 4.42 Å². The van der Waals surface area contributed by atoms with Crippen molar-refractivity contribution in [3.8, 4) is 0 Å². The Balaban J connectivity index is 1.17. The number of hydrogen-bond donors (Lipinski definition) is 1. The number of carbonyl (C=O) groups is 1. The maximum absolute atomic E-state index is 13.1. The molecule has 160 valence electrons. The third-order valence-corrected chi connectivity index (χ3v) is 7.67. The normalized spacial score (nSPS) is 16.8. The van der Waals surface area contributed by atoms with Gasteiger partial charge in [0.15, 0.2) is 0 Å². The van der Waals surface area contributed by atoms with E-state index in [1.165, 1.54) is 9.87 Å². The summed E-state index contributed by atoms with van der Waals surface area (Å²) in [6.07, 6.45) is 2.33. The molecule has 2 aromatic carbocycles. The molecule has 2 aliphatic rings. The first-order valence-corrected chi connectivity index (χ1v) is 11.7. The molecular weight excluding hydrogens is 414 g/mol. The third-order valence-electron chi connectivity index (χ3n) is 5.88. The van der Waals surface area contributed by atoms with Crippen LogP contribution >= 0.6 is 0 Å². The number of furan rings is 1. The van der Waals surface area contributed by atoms with Crippen LogP contribution in [0.5, 0.6) is 0 Å². The number of fused-ring (bicyclic) bond motifs is 1. The number of urea groups is 1. The molecule has 0 radical (unpaired) electrons. The van der Waals surface area contributed by atoms with E-state index >= 15 is 0 Å². The monoisotopic (exact) mass is 437 g/mol. The Morgan fingerprint density at radius 3 is 2.45 bits per heavy atom. The lowest BCUT2D eigenvalue weighted by Crippen LogP contribution is -2.42. The second kappa shape index (κ2) is 7.86. The molecule has 0 saturated heterocycles. The number of sulfonamides is 1. The van der Waals surface area contributed by atoms with Crippen LogP contribution < -0.4 is 5.32 Å². The van der Waals surface area contributed by atoms with Crippen molar-refractivity contribution in [2.75, 3.05) is 32.7 Å². The Morgan fingerprint density at radius 2 is 1.71 bits per heavy atom. The maximum atomic E-state index is 13.1. The van der Waals surface area contributed by atoms with Crippen molar-refractivity contribution in [1.29, 1.82) is 0 Å². The van der Waals surface area contributed by atoms with E-state index in [2.05, 4.69) is 5.32 Å². The van der Waals surface area contributed by atoms with Crippen molar-refractivity contribution in [3.63, 3.8) is 0 Å². The molecule has 0 saturated carbocycles. The van der Waals surface area contributed by atoms with Gasteiger partial charge in [-0.3, -0.25) is 0 Å². The number of nitrogens with one attached hydrogen (secondary N) is 1. The van der Waals surface area contributed by atoms with E-state index in [1.807, 2.05) is 30.3 Å². The van der Waals surface area contributed by atoms with Gasteiger partial charge in [-0.25, -0.2) is 13.2 Å². The SMILES string of the molecule is O=C(NCCc1ccccc1)N1CC2=C(C1)CN(S(=O)(=O)c1ccc3occc3c1)C2. The molecule has 0 bridgehead atoms. The highest BCUT2D eigenvalue weighted by atomic mass is 32.2. The smallest absolute Gasteiger partial charge is 0.317 e. The van der Waals surface area contributed by atoms with Gasteiger partial charge in [0.1, 0.15) is 5.58 Å². The van der Waals surface area contributed by atoms with Gasteiger partial charge in [-0.2, -0.15) is 4.31 Å². The third kappa shape index (κ3) is 3.84. The van der Waals surface area contributed by atoms with E-state index < -0.39 is 10.0 Å².